The van der Waals surface area contributed by atoms with Crippen molar-refractivity contribution in [2.75, 3.05) is 19.6 Å². The van der Waals surface area contributed by atoms with Crippen molar-refractivity contribution in [2.24, 2.45) is 0 Å². The van der Waals surface area contributed by atoms with Gasteiger partial charge in [0.05, 0.1) is 0 Å². The van der Waals surface area contributed by atoms with Crippen LogP contribution in [-0.4, -0.2) is 42.3 Å². The molecule has 0 aromatic rings. The molecule has 0 radical (unpaired) electrons. The van der Waals surface area contributed by atoms with E-state index in [1.807, 2.05) is 0 Å². The molecule has 1 aliphatic heterocycles. The third-order valence-corrected chi connectivity index (χ3v) is 3.75. The Bertz CT molecular complexity index is 246. The minimum absolute atomic E-state index is 0.235. The van der Waals surface area contributed by atoms with Crippen molar-refractivity contribution in [1.29, 1.82) is 0 Å². The molecule has 1 heterocycles. The Morgan fingerprint density at radius 2 is 2.06 bits per heavy atom. The van der Waals surface area contributed by atoms with E-state index < -0.39 is 11.7 Å². The van der Waals surface area contributed by atoms with Crippen LogP contribution in [-0.2, 0) is 0 Å². The summed E-state index contributed by atoms with van der Waals surface area (Å²) < 4.78 is 38.8. The van der Waals surface area contributed by atoms with Gasteiger partial charge < -0.3 is 5.32 Å². The molecule has 5 heteroatoms. The number of hydrogen-bond acceptors (Lipinski definition) is 2. The maximum atomic E-state index is 12.9. The number of alkyl halides is 3. The molecule has 1 saturated carbocycles. The average molecular weight is 236 g/mol. The van der Waals surface area contributed by atoms with Crippen LogP contribution in [0.5, 0.6) is 0 Å². The van der Waals surface area contributed by atoms with Crippen LogP contribution < -0.4 is 5.32 Å². The van der Waals surface area contributed by atoms with E-state index in [0.29, 0.717) is 19.6 Å². The molecule has 16 heavy (non-hydrogen) atoms. The van der Waals surface area contributed by atoms with Crippen LogP contribution in [0.3, 0.4) is 0 Å². The lowest BCUT2D eigenvalue weighted by Crippen LogP contribution is -2.59. The molecule has 0 amide bonds. The lowest BCUT2D eigenvalue weighted by molar-refractivity contribution is -0.199. The van der Waals surface area contributed by atoms with Crippen molar-refractivity contribution in [1.82, 2.24) is 10.2 Å². The second-order valence-electron chi connectivity index (χ2n) is 4.92. The van der Waals surface area contributed by atoms with Crippen molar-refractivity contribution in [3.05, 3.63) is 0 Å². The van der Waals surface area contributed by atoms with Crippen molar-refractivity contribution >= 4 is 0 Å². The number of nitrogens with one attached hydrogen (secondary N) is 1. The van der Waals surface area contributed by atoms with Gasteiger partial charge in [-0.1, -0.05) is 13.3 Å². The van der Waals surface area contributed by atoms with E-state index in [1.54, 1.807) is 4.90 Å². The third kappa shape index (κ3) is 2.07. The van der Waals surface area contributed by atoms with Gasteiger partial charge in [-0.3, -0.25) is 4.90 Å². The zero-order valence-electron chi connectivity index (χ0n) is 9.61. The van der Waals surface area contributed by atoms with E-state index in [9.17, 15) is 13.2 Å². The van der Waals surface area contributed by atoms with Crippen molar-refractivity contribution in [3.63, 3.8) is 0 Å². The summed E-state index contributed by atoms with van der Waals surface area (Å²) in [5, 5.41) is 3.29. The summed E-state index contributed by atoms with van der Waals surface area (Å²) in [6.45, 7) is 3.83. The second kappa shape index (κ2) is 4.18. The minimum Gasteiger partial charge on any atom is -0.311 e. The maximum absolute atomic E-state index is 12.9. The molecule has 1 atom stereocenters. The number of hydrogen-bond donors (Lipinski definition) is 1. The summed E-state index contributed by atoms with van der Waals surface area (Å²) in [7, 11) is 0. The maximum Gasteiger partial charge on any atom is 0.406 e. The Balaban J connectivity index is 1.99. The number of piperazine rings is 1. The molecule has 0 aromatic heterocycles. The molecule has 1 aliphatic carbocycles. The van der Waals surface area contributed by atoms with E-state index in [0.717, 1.165) is 12.8 Å². The molecular formula is C11H19F3N2. The van der Waals surface area contributed by atoms with Gasteiger partial charge in [0.2, 0.25) is 0 Å². The topological polar surface area (TPSA) is 15.3 Å². The SMILES string of the molecule is CCCC1CN(C2(C(F)(F)F)CC2)CCN1. The summed E-state index contributed by atoms with van der Waals surface area (Å²) >= 11 is 0. The Morgan fingerprint density at radius 3 is 2.56 bits per heavy atom. The van der Waals surface area contributed by atoms with Crippen molar-refractivity contribution in [3.8, 4) is 0 Å². The standard InChI is InChI=1S/C11H19F3N2/c1-2-3-9-8-16(7-6-15-9)10(4-5-10)11(12,13)14/h9,15H,2-8H2,1H3. The van der Waals surface area contributed by atoms with E-state index in [4.69, 9.17) is 0 Å². The smallest absolute Gasteiger partial charge is 0.311 e. The van der Waals surface area contributed by atoms with Gasteiger partial charge in [-0.25, -0.2) is 0 Å². The molecular weight excluding hydrogens is 217 g/mol. The summed E-state index contributed by atoms with van der Waals surface area (Å²) in [6.07, 6.45) is -1.50. The molecule has 0 spiro atoms. The predicted octanol–water partition coefficient (Wildman–Crippen LogP) is 2.16. The van der Waals surface area contributed by atoms with Crippen LogP contribution in [0.4, 0.5) is 13.2 Å². The van der Waals surface area contributed by atoms with E-state index >= 15 is 0 Å². The fraction of sp³-hybridized carbons (Fsp3) is 1.00. The third-order valence-electron chi connectivity index (χ3n) is 3.75. The zero-order chi connectivity index (χ0) is 11.8. The van der Waals surface area contributed by atoms with Crippen LogP contribution in [0.15, 0.2) is 0 Å². The lowest BCUT2D eigenvalue weighted by Gasteiger charge is -2.40. The highest BCUT2D eigenvalue weighted by atomic mass is 19.4. The molecule has 2 nitrogen and oxygen atoms in total. The van der Waals surface area contributed by atoms with Crippen LogP contribution in [0, 0.1) is 0 Å². The molecule has 0 bridgehead atoms. The van der Waals surface area contributed by atoms with E-state index in [2.05, 4.69) is 12.2 Å². The van der Waals surface area contributed by atoms with Crippen LogP contribution in [0.25, 0.3) is 0 Å². The fourth-order valence-electron chi connectivity index (χ4n) is 2.65. The largest absolute Gasteiger partial charge is 0.406 e. The Labute approximate surface area is 94.2 Å². The molecule has 94 valence electrons. The summed E-state index contributed by atoms with van der Waals surface area (Å²) in [6, 6.07) is 0.235. The Hall–Kier alpha value is -0.290. The first-order valence-electron chi connectivity index (χ1n) is 6.05. The first-order chi connectivity index (χ1) is 7.49. The highest BCUT2D eigenvalue weighted by Crippen LogP contribution is 2.53. The number of rotatable bonds is 3. The van der Waals surface area contributed by atoms with Gasteiger partial charge in [0.1, 0.15) is 5.54 Å². The summed E-state index contributed by atoms with van der Waals surface area (Å²) in [5.41, 5.74) is -1.47. The van der Waals surface area contributed by atoms with Crippen LogP contribution in [0.1, 0.15) is 32.6 Å². The highest BCUT2D eigenvalue weighted by Gasteiger charge is 2.66. The average Bonchev–Trinajstić information content (AvgIpc) is 2.98. The van der Waals surface area contributed by atoms with Gasteiger partial charge in [0.15, 0.2) is 0 Å². The highest BCUT2D eigenvalue weighted by molar-refractivity contribution is 5.10. The van der Waals surface area contributed by atoms with Crippen LogP contribution >= 0.6 is 0 Å². The first-order valence-corrected chi connectivity index (χ1v) is 6.05. The number of nitrogens with zero attached hydrogens (tertiary/aromatic N) is 1. The first kappa shape index (κ1) is 12.2. The van der Waals surface area contributed by atoms with Gasteiger partial charge in [0.25, 0.3) is 0 Å². The quantitative estimate of drug-likeness (QED) is 0.807. The van der Waals surface area contributed by atoms with E-state index in [-0.39, 0.29) is 18.9 Å². The lowest BCUT2D eigenvalue weighted by atomic mass is 10.1. The van der Waals surface area contributed by atoms with Crippen molar-refractivity contribution in [2.45, 2.75) is 50.4 Å². The minimum atomic E-state index is -4.05. The Kier molecular flexibility index (Phi) is 3.18. The molecule has 2 aliphatic rings. The molecule has 2 fully saturated rings. The van der Waals surface area contributed by atoms with Gasteiger partial charge >= 0.3 is 6.18 Å². The van der Waals surface area contributed by atoms with Crippen molar-refractivity contribution < 1.29 is 13.2 Å². The molecule has 2 rings (SSSR count). The van der Waals surface area contributed by atoms with Gasteiger partial charge in [-0.05, 0) is 19.3 Å². The van der Waals surface area contributed by atoms with Gasteiger partial charge in [-0.2, -0.15) is 13.2 Å². The summed E-state index contributed by atoms with van der Waals surface area (Å²) in [4.78, 5) is 1.66. The zero-order valence-corrected chi connectivity index (χ0v) is 9.61. The van der Waals surface area contributed by atoms with Gasteiger partial charge in [0, 0.05) is 25.7 Å². The fourth-order valence-corrected chi connectivity index (χ4v) is 2.65. The molecule has 0 aromatic carbocycles. The Morgan fingerprint density at radius 1 is 1.38 bits per heavy atom. The second-order valence-corrected chi connectivity index (χ2v) is 4.92. The molecule has 1 unspecified atom stereocenters. The molecule has 1 saturated heterocycles. The predicted molar refractivity (Wildman–Crippen MR) is 56.3 cm³/mol. The number of halogens is 3. The molecule has 1 N–H and O–H groups in total. The van der Waals surface area contributed by atoms with Gasteiger partial charge in [-0.15, -0.1) is 0 Å². The van der Waals surface area contributed by atoms with Crippen LogP contribution in [0.2, 0.25) is 0 Å². The monoisotopic (exact) mass is 236 g/mol. The van der Waals surface area contributed by atoms with E-state index in [1.165, 1.54) is 0 Å². The summed E-state index contributed by atoms with van der Waals surface area (Å²) in [5.74, 6) is 0. The normalized spacial score (nSPS) is 30.4.